The van der Waals surface area contributed by atoms with Gasteiger partial charge < -0.3 is 10.2 Å². The maximum Gasteiger partial charge on any atom is 0.255 e. The summed E-state index contributed by atoms with van der Waals surface area (Å²) in [6.45, 7) is 4.00. The zero-order valence-corrected chi connectivity index (χ0v) is 12.4. The fraction of sp³-hybridized carbons (Fsp3) is 0.235. The lowest BCUT2D eigenvalue weighted by atomic mass is 10.1. The molecule has 0 aliphatic rings. The van der Waals surface area contributed by atoms with Gasteiger partial charge in [0.2, 0.25) is 0 Å². The molecule has 0 unspecified atom stereocenters. The Morgan fingerprint density at radius 3 is 2.00 bits per heavy atom. The largest absolute Gasteiger partial charge is 0.378 e. The van der Waals surface area contributed by atoms with Gasteiger partial charge in [-0.3, -0.25) is 4.79 Å². The molecular weight excluding hydrogens is 248 g/mol. The fourth-order valence-electron chi connectivity index (χ4n) is 2.11. The Morgan fingerprint density at radius 2 is 1.50 bits per heavy atom. The number of amides is 1. The smallest absolute Gasteiger partial charge is 0.255 e. The molecule has 0 saturated carbocycles. The van der Waals surface area contributed by atoms with E-state index in [4.69, 9.17) is 0 Å². The number of aryl methyl sites for hydroxylation is 2. The van der Waals surface area contributed by atoms with Crippen LogP contribution in [0.3, 0.4) is 0 Å². The third-order valence-electron chi connectivity index (χ3n) is 3.37. The molecule has 0 aliphatic carbocycles. The monoisotopic (exact) mass is 268 g/mol. The average Bonchev–Trinajstić information content (AvgIpc) is 2.43. The van der Waals surface area contributed by atoms with Crippen molar-refractivity contribution in [2.45, 2.75) is 13.8 Å². The molecule has 2 rings (SSSR count). The molecule has 1 amide bonds. The number of hydrogen-bond acceptors (Lipinski definition) is 2. The average molecular weight is 268 g/mol. The molecule has 20 heavy (non-hydrogen) atoms. The summed E-state index contributed by atoms with van der Waals surface area (Å²) >= 11 is 0. The van der Waals surface area contributed by atoms with Crippen molar-refractivity contribution >= 4 is 17.3 Å². The van der Waals surface area contributed by atoms with Gasteiger partial charge in [0.25, 0.3) is 5.91 Å². The van der Waals surface area contributed by atoms with Crippen LogP contribution in [0.4, 0.5) is 11.4 Å². The first-order valence-corrected chi connectivity index (χ1v) is 6.64. The number of nitrogens with zero attached hydrogens (tertiary/aromatic N) is 1. The highest BCUT2D eigenvalue weighted by atomic mass is 16.1. The molecule has 3 heteroatoms. The summed E-state index contributed by atoms with van der Waals surface area (Å²) < 4.78 is 0. The second-order valence-corrected chi connectivity index (χ2v) is 5.16. The van der Waals surface area contributed by atoms with Gasteiger partial charge in [0.15, 0.2) is 0 Å². The Kier molecular flexibility index (Phi) is 4.08. The van der Waals surface area contributed by atoms with Gasteiger partial charge in [-0.1, -0.05) is 18.2 Å². The summed E-state index contributed by atoms with van der Waals surface area (Å²) in [5, 5.41) is 2.99. The first-order chi connectivity index (χ1) is 9.49. The summed E-state index contributed by atoms with van der Waals surface area (Å²) in [7, 11) is 3.96. The lowest BCUT2D eigenvalue weighted by molar-refractivity contribution is 0.102. The minimum Gasteiger partial charge on any atom is -0.378 e. The zero-order chi connectivity index (χ0) is 14.7. The van der Waals surface area contributed by atoms with Crippen molar-refractivity contribution in [1.82, 2.24) is 0 Å². The van der Waals surface area contributed by atoms with E-state index in [2.05, 4.69) is 5.32 Å². The van der Waals surface area contributed by atoms with Crippen LogP contribution >= 0.6 is 0 Å². The molecule has 0 spiro atoms. The molecule has 1 N–H and O–H groups in total. The highest BCUT2D eigenvalue weighted by Crippen LogP contribution is 2.21. The van der Waals surface area contributed by atoms with Crippen LogP contribution < -0.4 is 10.2 Å². The minimum atomic E-state index is -0.0762. The molecule has 0 heterocycles. The van der Waals surface area contributed by atoms with E-state index < -0.39 is 0 Å². The first kappa shape index (κ1) is 14.1. The quantitative estimate of drug-likeness (QED) is 0.922. The number of rotatable bonds is 3. The third kappa shape index (κ3) is 2.99. The van der Waals surface area contributed by atoms with E-state index >= 15 is 0 Å². The first-order valence-electron chi connectivity index (χ1n) is 6.64. The highest BCUT2D eigenvalue weighted by Gasteiger charge is 2.09. The van der Waals surface area contributed by atoms with Crippen LogP contribution in [0.2, 0.25) is 0 Å². The van der Waals surface area contributed by atoms with Gasteiger partial charge in [0.05, 0.1) is 0 Å². The van der Waals surface area contributed by atoms with Gasteiger partial charge in [-0.05, 0) is 49.2 Å². The van der Waals surface area contributed by atoms with Crippen LogP contribution in [0.1, 0.15) is 21.5 Å². The molecule has 0 saturated heterocycles. The maximum absolute atomic E-state index is 12.3. The fourth-order valence-corrected chi connectivity index (χ4v) is 2.11. The van der Waals surface area contributed by atoms with Crippen molar-refractivity contribution in [2.24, 2.45) is 0 Å². The molecule has 104 valence electrons. The zero-order valence-electron chi connectivity index (χ0n) is 12.4. The molecule has 3 nitrogen and oxygen atoms in total. The molecule has 0 radical (unpaired) electrons. The predicted molar refractivity (Wildman–Crippen MR) is 84.6 cm³/mol. The lowest BCUT2D eigenvalue weighted by Gasteiger charge is -2.14. The maximum atomic E-state index is 12.3. The molecular formula is C17H20N2O. The third-order valence-corrected chi connectivity index (χ3v) is 3.37. The van der Waals surface area contributed by atoms with E-state index in [9.17, 15) is 4.79 Å². The van der Waals surface area contributed by atoms with Crippen molar-refractivity contribution in [1.29, 1.82) is 0 Å². The minimum absolute atomic E-state index is 0.0762. The van der Waals surface area contributed by atoms with E-state index in [0.29, 0.717) is 5.56 Å². The van der Waals surface area contributed by atoms with Crippen molar-refractivity contribution in [3.05, 3.63) is 59.2 Å². The molecule has 0 bridgehead atoms. The number of carbonyl (C=O) groups excluding carboxylic acids is 1. The van der Waals surface area contributed by atoms with Gasteiger partial charge in [-0.15, -0.1) is 0 Å². The molecule has 2 aromatic carbocycles. The van der Waals surface area contributed by atoms with E-state index in [1.54, 1.807) is 0 Å². The highest BCUT2D eigenvalue weighted by molar-refractivity contribution is 6.05. The number of hydrogen-bond donors (Lipinski definition) is 1. The molecule has 0 aliphatic heterocycles. The second kappa shape index (κ2) is 5.78. The molecule has 0 fully saturated rings. The van der Waals surface area contributed by atoms with Crippen LogP contribution in [0.5, 0.6) is 0 Å². The number of nitrogens with one attached hydrogen (secondary N) is 1. The van der Waals surface area contributed by atoms with E-state index in [0.717, 1.165) is 22.5 Å². The predicted octanol–water partition coefficient (Wildman–Crippen LogP) is 3.62. The van der Waals surface area contributed by atoms with Gasteiger partial charge in [0, 0.05) is 31.0 Å². The summed E-state index contributed by atoms with van der Waals surface area (Å²) in [4.78, 5) is 14.3. The Balaban J connectivity index is 2.20. The lowest BCUT2D eigenvalue weighted by Crippen LogP contribution is -2.14. The van der Waals surface area contributed by atoms with Crippen LogP contribution in [-0.2, 0) is 0 Å². The summed E-state index contributed by atoms with van der Waals surface area (Å²) in [5.41, 5.74) is 4.78. The van der Waals surface area contributed by atoms with Crippen LogP contribution in [0, 0.1) is 13.8 Å². The number of para-hydroxylation sites is 1. The van der Waals surface area contributed by atoms with E-state index in [1.807, 2.05) is 75.3 Å². The Bertz CT molecular complexity index is 595. The van der Waals surface area contributed by atoms with Gasteiger partial charge in [-0.25, -0.2) is 0 Å². The molecule has 0 aromatic heterocycles. The van der Waals surface area contributed by atoms with Crippen LogP contribution in [0.25, 0.3) is 0 Å². The van der Waals surface area contributed by atoms with Crippen molar-refractivity contribution in [3.8, 4) is 0 Å². The summed E-state index contributed by atoms with van der Waals surface area (Å²) in [6.07, 6.45) is 0. The normalized spacial score (nSPS) is 10.2. The summed E-state index contributed by atoms with van der Waals surface area (Å²) in [6, 6.07) is 13.6. The summed E-state index contributed by atoms with van der Waals surface area (Å²) in [5.74, 6) is -0.0762. The SMILES string of the molecule is Cc1cccc(C)c1NC(=O)c1ccc(N(C)C)cc1. The Labute approximate surface area is 120 Å². The molecule has 2 aromatic rings. The van der Waals surface area contributed by atoms with Crippen LogP contribution in [-0.4, -0.2) is 20.0 Å². The Hall–Kier alpha value is -2.29. The van der Waals surface area contributed by atoms with E-state index in [1.165, 1.54) is 0 Å². The standard InChI is InChI=1S/C17H20N2O/c1-12-6-5-7-13(2)16(12)18-17(20)14-8-10-15(11-9-14)19(3)4/h5-11H,1-4H3,(H,18,20). The van der Waals surface area contributed by atoms with Crippen molar-refractivity contribution < 1.29 is 4.79 Å². The number of anilines is 2. The number of carbonyl (C=O) groups is 1. The van der Waals surface area contributed by atoms with Crippen molar-refractivity contribution in [2.75, 3.05) is 24.3 Å². The van der Waals surface area contributed by atoms with Crippen molar-refractivity contribution in [3.63, 3.8) is 0 Å². The number of benzene rings is 2. The second-order valence-electron chi connectivity index (χ2n) is 5.16. The Morgan fingerprint density at radius 1 is 0.950 bits per heavy atom. The topological polar surface area (TPSA) is 32.3 Å². The molecule has 0 atom stereocenters. The van der Waals surface area contributed by atoms with Gasteiger partial charge in [0.1, 0.15) is 0 Å². The van der Waals surface area contributed by atoms with Crippen LogP contribution in [0.15, 0.2) is 42.5 Å². The van der Waals surface area contributed by atoms with Gasteiger partial charge in [-0.2, -0.15) is 0 Å². The van der Waals surface area contributed by atoms with Gasteiger partial charge >= 0.3 is 0 Å². The van der Waals surface area contributed by atoms with E-state index in [-0.39, 0.29) is 5.91 Å².